The summed E-state index contributed by atoms with van der Waals surface area (Å²) in [6.45, 7) is 1.42. The minimum Gasteiger partial charge on any atom is -0.497 e. The molecule has 0 bridgehead atoms. The molecule has 6 heteroatoms. The highest BCUT2D eigenvalue weighted by Crippen LogP contribution is 2.29. The van der Waals surface area contributed by atoms with E-state index in [-0.39, 0.29) is 5.56 Å². The number of para-hydroxylation sites is 1. The van der Waals surface area contributed by atoms with Crippen LogP contribution in [0.5, 0.6) is 5.75 Å². The van der Waals surface area contributed by atoms with Crippen LogP contribution in [-0.4, -0.2) is 28.2 Å². The van der Waals surface area contributed by atoms with Gasteiger partial charge in [-0.2, -0.15) is 0 Å². The molecule has 0 aliphatic heterocycles. The molecule has 4 aromatic rings. The van der Waals surface area contributed by atoms with Gasteiger partial charge in [0.05, 0.1) is 18.1 Å². The van der Waals surface area contributed by atoms with E-state index >= 15 is 0 Å². The lowest BCUT2D eigenvalue weighted by molar-refractivity contribution is 0.415. The molecule has 0 unspecified atom stereocenters. The first kappa shape index (κ1) is 16.4. The van der Waals surface area contributed by atoms with Crippen LogP contribution in [-0.2, 0) is 6.54 Å². The predicted octanol–water partition coefficient (Wildman–Crippen LogP) is 2.90. The highest BCUT2D eigenvalue weighted by Gasteiger charge is 2.15. The maximum atomic E-state index is 12.7. The zero-order chi connectivity index (χ0) is 18.1. The first-order chi connectivity index (χ1) is 12.7. The van der Waals surface area contributed by atoms with Crippen molar-refractivity contribution in [2.45, 2.75) is 13.0 Å². The molecule has 3 N–H and O–H groups in total. The van der Waals surface area contributed by atoms with Crippen LogP contribution in [0.2, 0.25) is 0 Å². The van der Waals surface area contributed by atoms with E-state index in [1.54, 1.807) is 19.2 Å². The Morgan fingerprint density at radius 1 is 1.23 bits per heavy atom. The maximum Gasteiger partial charge on any atom is 0.275 e. The zero-order valence-corrected chi connectivity index (χ0v) is 14.5. The monoisotopic (exact) mass is 348 g/mol. The van der Waals surface area contributed by atoms with Crippen molar-refractivity contribution in [1.29, 1.82) is 0 Å². The van der Waals surface area contributed by atoms with E-state index in [9.17, 15) is 4.79 Å². The highest BCUT2D eigenvalue weighted by molar-refractivity contribution is 5.95. The molecule has 0 radical (unpaired) electrons. The fourth-order valence-electron chi connectivity index (χ4n) is 3.25. The van der Waals surface area contributed by atoms with E-state index in [1.165, 1.54) is 0 Å². The van der Waals surface area contributed by atoms with Gasteiger partial charge >= 0.3 is 0 Å². The molecule has 4 rings (SSSR count). The lowest BCUT2D eigenvalue weighted by atomic mass is 10.1. The number of nitrogens with zero attached hydrogens (tertiary/aromatic N) is 2. The molecule has 132 valence electrons. The van der Waals surface area contributed by atoms with Gasteiger partial charge in [-0.15, -0.1) is 0 Å². The van der Waals surface area contributed by atoms with E-state index in [0.29, 0.717) is 29.0 Å². The van der Waals surface area contributed by atoms with E-state index in [1.807, 2.05) is 36.5 Å². The molecule has 2 heterocycles. The fourth-order valence-corrected chi connectivity index (χ4v) is 3.25. The van der Waals surface area contributed by atoms with Gasteiger partial charge < -0.3 is 20.0 Å². The van der Waals surface area contributed by atoms with E-state index in [4.69, 9.17) is 10.5 Å². The number of nitrogens with one attached hydrogen (secondary N) is 1. The van der Waals surface area contributed by atoms with Crippen molar-refractivity contribution in [2.75, 3.05) is 13.7 Å². The minimum atomic E-state index is -0.204. The number of ether oxygens (including phenoxy) is 1. The third-order valence-electron chi connectivity index (χ3n) is 4.55. The summed E-state index contributed by atoms with van der Waals surface area (Å²) in [6, 6.07) is 13.5. The van der Waals surface area contributed by atoms with Crippen molar-refractivity contribution in [3.8, 4) is 17.0 Å². The van der Waals surface area contributed by atoms with Crippen molar-refractivity contribution < 1.29 is 4.74 Å². The summed E-state index contributed by atoms with van der Waals surface area (Å²) in [6.07, 6.45) is 2.86. The lowest BCUT2D eigenvalue weighted by Gasteiger charge is -2.04. The summed E-state index contributed by atoms with van der Waals surface area (Å²) in [7, 11) is 1.61. The Hall–Kier alpha value is -3.12. The van der Waals surface area contributed by atoms with Crippen LogP contribution < -0.4 is 16.0 Å². The summed E-state index contributed by atoms with van der Waals surface area (Å²) in [5.74, 6) is 0.702. The second-order valence-electron chi connectivity index (χ2n) is 6.19. The number of hydrogen-bond acceptors (Lipinski definition) is 4. The molecule has 0 atom stereocenters. The third kappa shape index (κ3) is 2.74. The highest BCUT2D eigenvalue weighted by atomic mass is 16.5. The molecule has 0 saturated heterocycles. The van der Waals surface area contributed by atoms with Crippen molar-refractivity contribution in [2.24, 2.45) is 5.73 Å². The summed E-state index contributed by atoms with van der Waals surface area (Å²) < 4.78 is 7.40. The fraction of sp³-hybridized carbons (Fsp3) is 0.200. The molecular formula is C20H20N4O2. The number of aromatic amines is 1. The Morgan fingerprint density at radius 2 is 2.08 bits per heavy atom. The molecule has 0 aliphatic rings. The molecule has 0 fully saturated rings. The number of methoxy groups -OCH3 is 1. The number of aromatic nitrogens is 3. The normalized spacial score (nSPS) is 11.3. The SMILES string of the molecule is COc1ccc2[nH]c(=O)c(-c3cn(CCCN)c4ccccc34)nc2c1. The third-order valence-corrected chi connectivity index (χ3v) is 4.55. The Bertz CT molecular complexity index is 1140. The smallest absolute Gasteiger partial charge is 0.275 e. The van der Waals surface area contributed by atoms with Gasteiger partial charge in [0.15, 0.2) is 0 Å². The minimum absolute atomic E-state index is 0.204. The Morgan fingerprint density at radius 3 is 2.88 bits per heavy atom. The number of aryl methyl sites for hydroxylation is 1. The van der Waals surface area contributed by atoms with Gasteiger partial charge in [-0.3, -0.25) is 4.79 Å². The molecule has 6 nitrogen and oxygen atoms in total. The Balaban J connectivity index is 1.94. The quantitative estimate of drug-likeness (QED) is 0.581. The standard InChI is InChI=1S/C20H20N4O2/c1-26-13-7-8-16-17(11-13)22-19(20(25)23-16)15-12-24(10-4-9-21)18-6-3-2-5-14(15)18/h2-3,5-8,11-12H,4,9-10,21H2,1H3,(H,23,25). The van der Waals surface area contributed by atoms with Crippen molar-refractivity contribution in [3.63, 3.8) is 0 Å². The number of hydrogen-bond donors (Lipinski definition) is 2. The molecule has 0 aliphatic carbocycles. The summed E-state index contributed by atoms with van der Waals surface area (Å²) in [4.78, 5) is 20.2. The van der Waals surface area contributed by atoms with Gasteiger partial charge in [0, 0.05) is 35.3 Å². The topological polar surface area (TPSA) is 85.9 Å². The first-order valence-corrected chi connectivity index (χ1v) is 8.57. The molecule has 0 amide bonds. The zero-order valence-electron chi connectivity index (χ0n) is 14.5. The number of rotatable bonds is 5. The Labute approximate surface area is 150 Å². The summed E-state index contributed by atoms with van der Waals surface area (Å²) in [5, 5.41) is 1.00. The summed E-state index contributed by atoms with van der Waals surface area (Å²) in [5.41, 5.74) is 9.14. The number of nitrogens with two attached hydrogens (primary N) is 1. The van der Waals surface area contributed by atoms with E-state index in [2.05, 4.69) is 14.5 Å². The van der Waals surface area contributed by atoms with Gasteiger partial charge in [-0.25, -0.2) is 4.98 Å². The molecule has 2 aromatic heterocycles. The maximum absolute atomic E-state index is 12.7. The average Bonchev–Trinajstić information content (AvgIpc) is 3.04. The largest absolute Gasteiger partial charge is 0.497 e. The molecule has 0 saturated carbocycles. The predicted molar refractivity (Wildman–Crippen MR) is 104 cm³/mol. The summed E-state index contributed by atoms with van der Waals surface area (Å²) >= 11 is 0. The van der Waals surface area contributed by atoms with Crippen LogP contribution in [0, 0.1) is 0 Å². The van der Waals surface area contributed by atoms with Gasteiger partial charge in [-0.05, 0) is 31.2 Å². The number of H-pyrrole nitrogens is 1. The molecular weight excluding hydrogens is 328 g/mol. The van der Waals surface area contributed by atoms with Gasteiger partial charge in [-0.1, -0.05) is 18.2 Å². The second kappa shape index (κ2) is 6.65. The van der Waals surface area contributed by atoms with E-state index in [0.717, 1.165) is 29.4 Å². The van der Waals surface area contributed by atoms with Crippen molar-refractivity contribution >= 4 is 21.9 Å². The molecule has 2 aromatic carbocycles. The van der Waals surface area contributed by atoms with Crippen molar-refractivity contribution in [1.82, 2.24) is 14.5 Å². The first-order valence-electron chi connectivity index (χ1n) is 8.57. The van der Waals surface area contributed by atoms with Crippen LogP contribution in [0.4, 0.5) is 0 Å². The van der Waals surface area contributed by atoms with Gasteiger partial charge in [0.25, 0.3) is 5.56 Å². The molecule has 26 heavy (non-hydrogen) atoms. The molecule has 0 spiro atoms. The van der Waals surface area contributed by atoms with Crippen LogP contribution in [0.3, 0.4) is 0 Å². The average molecular weight is 348 g/mol. The number of fused-ring (bicyclic) bond motifs is 2. The van der Waals surface area contributed by atoms with Crippen LogP contribution >= 0.6 is 0 Å². The van der Waals surface area contributed by atoms with Crippen LogP contribution in [0.1, 0.15) is 6.42 Å². The van der Waals surface area contributed by atoms with Gasteiger partial charge in [0.2, 0.25) is 0 Å². The van der Waals surface area contributed by atoms with Crippen LogP contribution in [0.25, 0.3) is 33.2 Å². The van der Waals surface area contributed by atoms with Gasteiger partial charge in [0.1, 0.15) is 11.4 Å². The second-order valence-corrected chi connectivity index (χ2v) is 6.19. The van der Waals surface area contributed by atoms with E-state index < -0.39 is 0 Å². The lowest BCUT2D eigenvalue weighted by Crippen LogP contribution is -2.11. The van der Waals surface area contributed by atoms with Crippen LogP contribution in [0.15, 0.2) is 53.5 Å². The Kier molecular flexibility index (Phi) is 4.18. The number of benzene rings is 2. The van der Waals surface area contributed by atoms with Crippen molar-refractivity contribution in [3.05, 3.63) is 59.0 Å².